The zero-order valence-electron chi connectivity index (χ0n) is 10.4. The van der Waals surface area contributed by atoms with Gasteiger partial charge in [-0.15, -0.1) is 0 Å². The molecule has 2 aliphatic rings. The van der Waals surface area contributed by atoms with Crippen molar-refractivity contribution in [1.29, 1.82) is 5.41 Å². The number of nitrogens with two attached hydrogens (primary N) is 1. The van der Waals surface area contributed by atoms with Gasteiger partial charge in [0.1, 0.15) is 11.4 Å². The summed E-state index contributed by atoms with van der Waals surface area (Å²) in [4.78, 5) is 25.4. The number of nitrogens with one attached hydrogen (secondary N) is 2. The molecular formula is C12H16N4O3. The van der Waals surface area contributed by atoms with E-state index in [2.05, 4.69) is 4.98 Å². The normalized spacial score (nSPS) is 23.1. The fourth-order valence-corrected chi connectivity index (χ4v) is 3.05. The van der Waals surface area contributed by atoms with Gasteiger partial charge in [0, 0.05) is 6.54 Å². The molecule has 2 saturated carbocycles. The molecule has 0 amide bonds. The Morgan fingerprint density at radius 1 is 1.47 bits per heavy atom. The number of rotatable bonds is 3. The Bertz CT molecular complexity index is 669. The molecule has 1 unspecified atom stereocenters. The van der Waals surface area contributed by atoms with Crippen LogP contribution in [0.25, 0.3) is 0 Å². The Kier molecular flexibility index (Phi) is 2.35. The second-order valence-corrected chi connectivity index (χ2v) is 5.58. The van der Waals surface area contributed by atoms with E-state index in [1.807, 2.05) is 0 Å². The van der Waals surface area contributed by atoms with E-state index in [1.165, 1.54) is 19.3 Å². The molecule has 102 valence electrons. The van der Waals surface area contributed by atoms with Gasteiger partial charge in [0.05, 0.1) is 0 Å². The van der Waals surface area contributed by atoms with Crippen LogP contribution in [-0.2, 0) is 6.54 Å². The maximum absolute atomic E-state index is 11.8. The molecule has 3 rings (SSSR count). The summed E-state index contributed by atoms with van der Waals surface area (Å²) in [5.41, 5.74) is 3.83. The number of amidine groups is 1. The van der Waals surface area contributed by atoms with Crippen molar-refractivity contribution in [3.05, 3.63) is 26.4 Å². The molecular weight excluding hydrogens is 248 g/mol. The van der Waals surface area contributed by atoms with E-state index >= 15 is 0 Å². The van der Waals surface area contributed by atoms with Crippen LogP contribution < -0.4 is 17.0 Å². The number of nitrogen functional groups attached to an aromatic ring is 1. The molecule has 7 heteroatoms. The second kappa shape index (κ2) is 3.72. The summed E-state index contributed by atoms with van der Waals surface area (Å²) in [5, 5.41) is 17.3. The molecule has 19 heavy (non-hydrogen) atoms. The Balaban J connectivity index is 2.01. The molecule has 0 bridgehead atoms. The van der Waals surface area contributed by atoms with Gasteiger partial charge in [-0.05, 0) is 37.0 Å². The maximum atomic E-state index is 11.8. The third kappa shape index (κ3) is 1.68. The minimum Gasteiger partial charge on any atom is -0.494 e. The second-order valence-electron chi connectivity index (χ2n) is 5.58. The highest BCUT2D eigenvalue weighted by molar-refractivity contribution is 5.96. The smallest absolute Gasteiger partial charge is 0.331 e. The van der Waals surface area contributed by atoms with Crippen LogP contribution in [0.15, 0.2) is 9.59 Å². The first-order valence-electron chi connectivity index (χ1n) is 6.35. The SMILES string of the molecule is N=C(N)c1c(O)n(CC2CCC23CC3)c(=O)[nH]c1=O. The highest BCUT2D eigenvalue weighted by Gasteiger charge is 2.55. The fourth-order valence-electron chi connectivity index (χ4n) is 3.05. The van der Waals surface area contributed by atoms with Gasteiger partial charge in [0.25, 0.3) is 5.56 Å². The molecule has 1 atom stereocenters. The lowest BCUT2D eigenvalue weighted by molar-refractivity contribution is 0.121. The fraction of sp³-hybridized carbons (Fsp3) is 0.583. The Morgan fingerprint density at radius 3 is 2.63 bits per heavy atom. The van der Waals surface area contributed by atoms with Gasteiger partial charge >= 0.3 is 5.69 Å². The van der Waals surface area contributed by atoms with Crippen LogP contribution in [0.5, 0.6) is 5.88 Å². The molecule has 0 saturated heterocycles. The summed E-state index contributed by atoms with van der Waals surface area (Å²) in [6.07, 6.45) is 4.56. The predicted molar refractivity (Wildman–Crippen MR) is 68.4 cm³/mol. The molecule has 1 aromatic rings. The molecule has 1 heterocycles. The monoisotopic (exact) mass is 264 g/mol. The first kappa shape index (κ1) is 12.0. The molecule has 7 nitrogen and oxygen atoms in total. The number of hydrogen-bond donors (Lipinski definition) is 4. The van der Waals surface area contributed by atoms with Crippen molar-refractivity contribution >= 4 is 5.84 Å². The zero-order chi connectivity index (χ0) is 13.8. The Morgan fingerprint density at radius 2 is 2.16 bits per heavy atom. The molecule has 1 aromatic heterocycles. The highest BCUT2D eigenvalue weighted by atomic mass is 16.3. The third-order valence-corrected chi connectivity index (χ3v) is 4.59. The van der Waals surface area contributed by atoms with Gasteiger partial charge in [0.15, 0.2) is 0 Å². The predicted octanol–water partition coefficient (Wildman–Crippen LogP) is -0.284. The van der Waals surface area contributed by atoms with Crippen LogP contribution in [0.3, 0.4) is 0 Å². The van der Waals surface area contributed by atoms with E-state index in [1.54, 1.807) is 0 Å². The van der Waals surface area contributed by atoms with Crippen LogP contribution in [0.1, 0.15) is 31.2 Å². The molecule has 2 aliphatic carbocycles. The van der Waals surface area contributed by atoms with Crippen molar-refractivity contribution in [3.63, 3.8) is 0 Å². The summed E-state index contributed by atoms with van der Waals surface area (Å²) < 4.78 is 1.13. The van der Waals surface area contributed by atoms with E-state index in [0.717, 1.165) is 11.0 Å². The molecule has 1 spiro atoms. The zero-order valence-corrected chi connectivity index (χ0v) is 10.4. The Hall–Kier alpha value is -2.05. The van der Waals surface area contributed by atoms with Crippen LogP contribution >= 0.6 is 0 Å². The van der Waals surface area contributed by atoms with E-state index < -0.39 is 23.0 Å². The van der Waals surface area contributed by atoms with Gasteiger partial charge in [-0.2, -0.15) is 0 Å². The largest absolute Gasteiger partial charge is 0.494 e. The van der Waals surface area contributed by atoms with Crippen molar-refractivity contribution in [2.45, 2.75) is 32.2 Å². The van der Waals surface area contributed by atoms with Crippen LogP contribution in [0.2, 0.25) is 0 Å². The summed E-state index contributed by atoms with van der Waals surface area (Å²) in [7, 11) is 0. The van der Waals surface area contributed by atoms with E-state index in [4.69, 9.17) is 11.1 Å². The van der Waals surface area contributed by atoms with Crippen LogP contribution in [0.4, 0.5) is 0 Å². The minimum absolute atomic E-state index is 0.330. The Labute approximate surface area is 108 Å². The van der Waals surface area contributed by atoms with Gasteiger partial charge in [-0.1, -0.05) is 0 Å². The van der Waals surface area contributed by atoms with Crippen molar-refractivity contribution < 1.29 is 5.11 Å². The van der Waals surface area contributed by atoms with Gasteiger partial charge in [-0.3, -0.25) is 19.8 Å². The first-order valence-corrected chi connectivity index (χ1v) is 6.35. The van der Waals surface area contributed by atoms with Gasteiger partial charge in [-0.25, -0.2) is 4.79 Å². The van der Waals surface area contributed by atoms with E-state index in [-0.39, 0.29) is 5.56 Å². The molecule has 5 N–H and O–H groups in total. The topological polar surface area (TPSA) is 125 Å². The highest BCUT2D eigenvalue weighted by Crippen LogP contribution is 2.64. The first-order chi connectivity index (χ1) is 8.94. The number of hydrogen-bond acceptors (Lipinski definition) is 4. The quantitative estimate of drug-likeness (QED) is 0.442. The number of H-pyrrole nitrogens is 1. The van der Waals surface area contributed by atoms with Crippen molar-refractivity contribution in [2.24, 2.45) is 17.1 Å². The lowest BCUT2D eigenvalue weighted by atomic mass is 9.70. The van der Waals surface area contributed by atoms with Gasteiger partial charge < -0.3 is 10.8 Å². The number of aromatic hydroxyl groups is 1. The summed E-state index contributed by atoms with van der Waals surface area (Å²) in [6, 6.07) is 0. The van der Waals surface area contributed by atoms with Crippen molar-refractivity contribution in [1.82, 2.24) is 9.55 Å². The molecule has 2 fully saturated rings. The van der Waals surface area contributed by atoms with Crippen LogP contribution in [-0.4, -0.2) is 20.5 Å². The minimum atomic E-state index is -0.819. The number of aromatic nitrogens is 2. The summed E-state index contributed by atoms with van der Waals surface area (Å²) in [5.74, 6) is -0.673. The van der Waals surface area contributed by atoms with Crippen molar-refractivity contribution in [2.75, 3.05) is 0 Å². The average molecular weight is 264 g/mol. The van der Waals surface area contributed by atoms with Gasteiger partial charge in [0.2, 0.25) is 5.88 Å². The number of aromatic amines is 1. The number of nitrogens with zero attached hydrogens (tertiary/aromatic N) is 1. The van der Waals surface area contributed by atoms with Crippen LogP contribution in [0, 0.1) is 16.7 Å². The van der Waals surface area contributed by atoms with E-state index in [0.29, 0.717) is 17.9 Å². The van der Waals surface area contributed by atoms with E-state index in [9.17, 15) is 14.7 Å². The third-order valence-electron chi connectivity index (χ3n) is 4.59. The summed E-state index contributed by atoms with van der Waals surface area (Å²) in [6.45, 7) is 0.377. The molecule has 0 aliphatic heterocycles. The molecule has 0 radical (unpaired) electrons. The lowest BCUT2D eigenvalue weighted by Crippen LogP contribution is -2.40. The lowest BCUT2D eigenvalue weighted by Gasteiger charge is -2.37. The summed E-state index contributed by atoms with van der Waals surface area (Å²) >= 11 is 0. The standard InChI is InChI=1S/C12H16N4O3/c13-8(14)7-9(17)15-11(19)16(10(7)18)5-6-1-2-12(6)3-4-12/h6,18H,1-5H2,(H3,13,14)(H,15,17,19). The molecule has 0 aromatic carbocycles. The van der Waals surface area contributed by atoms with Crippen molar-refractivity contribution in [3.8, 4) is 5.88 Å². The average Bonchev–Trinajstić information content (AvgIpc) is 3.07. The maximum Gasteiger partial charge on any atom is 0.331 e.